The van der Waals surface area contributed by atoms with E-state index in [1.165, 1.54) is 18.2 Å². The second kappa shape index (κ2) is 6.35. The predicted molar refractivity (Wildman–Crippen MR) is 76.3 cm³/mol. The molecule has 0 heterocycles. The van der Waals surface area contributed by atoms with Crippen LogP contribution in [0.15, 0.2) is 29.2 Å². The first-order chi connectivity index (χ1) is 9.28. The zero-order valence-corrected chi connectivity index (χ0v) is 12.1. The van der Waals surface area contributed by atoms with Gasteiger partial charge >= 0.3 is 5.51 Å². The van der Waals surface area contributed by atoms with Gasteiger partial charge in [0.25, 0.3) is 0 Å². The number of alkyl halides is 3. The molecule has 0 atom stereocenters. The number of anilines is 1. The Labute approximate surface area is 119 Å². The fourth-order valence-corrected chi connectivity index (χ4v) is 2.64. The van der Waals surface area contributed by atoms with Crippen LogP contribution in [0.5, 0.6) is 0 Å². The highest BCUT2D eigenvalue weighted by Gasteiger charge is 2.32. The van der Waals surface area contributed by atoms with Crippen LogP contribution in [-0.2, 0) is 0 Å². The number of rotatable bonds is 1. The third kappa shape index (κ3) is 3.79. The summed E-state index contributed by atoms with van der Waals surface area (Å²) in [4.78, 5) is -0.405. The molecule has 0 aliphatic heterocycles. The lowest BCUT2D eigenvalue weighted by Crippen LogP contribution is -2.01. The van der Waals surface area contributed by atoms with E-state index in [4.69, 9.17) is 5.73 Å². The molecule has 0 spiro atoms. The number of nitrogen functional groups attached to an aromatic ring is 1. The molecule has 0 aromatic heterocycles. The van der Waals surface area contributed by atoms with Gasteiger partial charge in [0.15, 0.2) is 0 Å². The Hall–Kier alpha value is -1.43. The van der Waals surface area contributed by atoms with Gasteiger partial charge in [0.05, 0.1) is 4.90 Å². The van der Waals surface area contributed by atoms with Crippen molar-refractivity contribution < 1.29 is 17.6 Å². The minimum atomic E-state index is -4.52. The monoisotopic (exact) mass is 305 g/mol. The molecule has 20 heavy (non-hydrogen) atoms. The van der Waals surface area contributed by atoms with E-state index < -0.39 is 28.0 Å². The smallest absolute Gasteiger partial charge is 0.399 e. The zero-order valence-electron chi connectivity index (χ0n) is 11.3. The maximum absolute atomic E-state index is 13.6. The molecule has 0 fully saturated rings. The summed E-state index contributed by atoms with van der Waals surface area (Å²) < 4.78 is 50.9. The average molecular weight is 305 g/mol. The van der Waals surface area contributed by atoms with E-state index >= 15 is 0 Å². The summed E-state index contributed by atoms with van der Waals surface area (Å²) in [5, 5.41) is 0.757. The number of thioether (sulfide) groups is 1. The summed E-state index contributed by atoms with van der Waals surface area (Å²) in [5.41, 5.74) is 2.06. The molecule has 0 aliphatic rings. The van der Waals surface area contributed by atoms with Crippen LogP contribution in [-0.4, -0.2) is 5.51 Å². The number of aryl methyl sites for hydroxylation is 1. The van der Waals surface area contributed by atoms with Crippen molar-refractivity contribution in [1.29, 1.82) is 0 Å². The Bertz CT molecular complexity index is 608. The lowest BCUT2D eigenvalue weighted by molar-refractivity contribution is -0.0328. The van der Waals surface area contributed by atoms with Crippen molar-refractivity contribution in [2.45, 2.75) is 31.2 Å². The predicted octanol–water partition coefficient (Wildman–Crippen LogP) is 5.51. The van der Waals surface area contributed by atoms with Crippen LogP contribution in [0.3, 0.4) is 0 Å². The van der Waals surface area contributed by atoms with Crippen LogP contribution < -0.4 is 5.73 Å². The molecule has 1 nitrogen and oxygen atoms in total. The van der Waals surface area contributed by atoms with Crippen molar-refractivity contribution in [3.8, 4) is 0 Å². The largest absolute Gasteiger partial charge is 0.446 e. The number of fused-ring (bicyclic) bond motifs is 1. The Morgan fingerprint density at radius 3 is 2.25 bits per heavy atom. The molecule has 0 saturated heterocycles. The van der Waals surface area contributed by atoms with E-state index in [2.05, 4.69) is 0 Å². The SMILES string of the molecule is CC.Cc1cc(N)cc2ccc(F)c(SC(F)(F)F)c12. The van der Waals surface area contributed by atoms with Gasteiger partial charge < -0.3 is 5.73 Å². The van der Waals surface area contributed by atoms with Crippen LogP contribution in [0.4, 0.5) is 23.2 Å². The Balaban J connectivity index is 0.000000956. The van der Waals surface area contributed by atoms with Gasteiger partial charge in [-0.25, -0.2) is 4.39 Å². The molecule has 0 radical (unpaired) electrons. The minimum absolute atomic E-state index is 0.256. The summed E-state index contributed by atoms with van der Waals surface area (Å²) >= 11 is -0.439. The first kappa shape index (κ1) is 16.6. The fraction of sp³-hybridized carbons (Fsp3) is 0.286. The van der Waals surface area contributed by atoms with Crippen molar-refractivity contribution >= 4 is 28.2 Å². The van der Waals surface area contributed by atoms with Gasteiger partial charge in [0.1, 0.15) is 5.82 Å². The lowest BCUT2D eigenvalue weighted by Gasteiger charge is -2.12. The first-order valence-corrected chi connectivity index (χ1v) is 6.83. The molecule has 2 rings (SSSR count). The normalized spacial score (nSPS) is 11.2. The Morgan fingerprint density at radius 2 is 1.70 bits per heavy atom. The van der Waals surface area contributed by atoms with E-state index in [0.717, 1.165) is 6.07 Å². The second-order valence-electron chi connectivity index (χ2n) is 3.86. The van der Waals surface area contributed by atoms with Crippen LogP contribution in [0.1, 0.15) is 19.4 Å². The molecule has 0 aliphatic carbocycles. The highest BCUT2D eigenvalue weighted by molar-refractivity contribution is 8.00. The summed E-state index contributed by atoms with van der Waals surface area (Å²) in [6.45, 7) is 5.61. The van der Waals surface area contributed by atoms with Gasteiger partial charge in [-0.05, 0) is 47.8 Å². The standard InChI is InChI=1S/C12H9F4NS.C2H6/c1-6-4-8(17)5-7-2-3-9(13)11(10(6)7)18-12(14,15)16;1-2/h2-5H,17H2,1H3;1-2H3. The van der Waals surface area contributed by atoms with E-state index in [1.54, 1.807) is 6.92 Å². The maximum Gasteiger partial charge on any atom is 0.446 e. The van der Waals surface area contributed by atoms with Crippen molar-refractivity contribution in [2.24, 2.45) is 0 Å². The van der Waals surface area contributed by atoms with Crippen molar-refractivity contribution in [3.63, 3.8) is 0 Å². The third-order valence-electron chi connectivity index (χ3n) is 2.46. The van der Waals surface area contributed by atoms with E-state index in [-0.39, 0.29) is 5.39 Å². The van der Waals surface area contributed by atoms with Gasteiger partial charge in [-0.1, -0.05) is 19.9 Å². The molecular formula is C14H15F4NS. The number of hydrogen-bond donors (Lipinski definition) is 1. The second-order valence-corrected chi connectivity index (χ2v) is 4.94. The molecule has 2 aromatic carbocycles. The van der Waals surface area contributed by atoms with E-state index in [1.807, 2.05) is 13.8 Å². The number of hydrogen-bond acceptors (Lipinski definition) is 2. The molecular weight excluding hydrogens is 290 g/mol. The molecule has 0 unspecified atom stereocenters. The molecule has 2 aromatic rings. The highest BCUT2D eigenvalue weighted by Crippen LogP contribution is 2.42. The molecule has 0 saturated carbocycles. The molecule has 0 amide bonds. The van der Waals surface area contributed by atoms with Crippen LogP contribution in [0.2, 0.25) is 0 Å². The van der Waals surface area contributed by atoms with Gasteiger partial charge in [0, 0.05) is 11.1 Å². The summed E-state index contributed by atoms with van der Waals surface area (Å²) in [6, 6.07) is 5.51. The van der Waals surface area contributed by atoms with Gasteiger partial charge in [-0.3, -0.25) is 0 Å². The van der Waals surface area contributed by atoms with Crippen LogP contribution in [0.25, 0.3) is 10.8 Å². The van der Waals surface area contributed by atoms with Gasteiger partial charge in [0.2, 0.25) is 0 Å². The summed E-state index contributed by atoms with van der Waals surface area (Å²) in [6.07, 6.45) is 0. The van der Waals surface area contributed by atoms with Crippen molar-refractivity contribution in [1.82, 2.24) is 0 Å². The lowest BCUT2D eigenvalue weighted by atomic mass is 10.0. The quantitative estimate of drug-likeness (QED) is 0.427. The van der Waals surface area contributed by atoms with Crippen LogP contribution >= 0.6 is 11.8 Å². The topological polar surface area (TPSA) is 26.0 Å². The maximum atomic E-state index is 13.6. The molecule has 2 N–H and O–H groups in total. The summed E-state index contributed by atoms with van der Waals surface area (Å²) in [7, 11) is 0. The molecule has 6 heteroatoms. The Kier molecular flexibility index (Phi) is 5.28. The highest BCUT2D eigenvalue weighted by atomic mass is 32.2. The molecule has 110 valence electrons. The first-order valence-electron chi connectivity index (χ1n) is 6.02. The average Bonchev–Trinajstić information content (AvgIpc) is 2.33. The van der Waals surface area contributed by atoms with Crippen molar-refractivity contribution in [3.05, 3.63) is 35.6 Å². The number of halogens is 4. The van der Waals surface area contributed by atoms with E-state index in [0.29, 0.717) is 16.6 Å². The van der Waals surface area contributed by atoms with Crippen molar-refractivity contribution in [2.75, 3.05) is 5.73 Å². The summed E-state index contributed by atoms with van der Waals surface area (Å²) in [5.74, 6) is -0.877. The Morgan fingerprint density at radius 1 is 1.10 bits per heavy atom. The third-order valence-corrected chi connectivity index (χ3v) is 3.29. The number of nitrogens with two attached hydrogens (primary N) is 1. The molecule has 0 bridgehead atoms. The minimum Gasteiger partial charge on any atom is -0.399 e. The van der Waals surface area contributed by atoms with Gasteiger partial charge in [-0.2, -0.15) is 13.2 Å². The fourth-order valence-electron chi connectivity index (χ4n) is 1.86. The van der Waals surface area contributed by atoms with Crippen LogP contribution in [0, 0.1) is 12.7 Å². The number of benzene rings is 2. The zero-order chi connectivity index (χ0) is 15.5. The van der Waals surface area contributed by atoms with Gasteiger partial charge in [-0.15, -0.1) is 0 Å². The van der Waals surface area contributed by atoms with E-state index in [9.17, 15) is 17.6 Å².